The molecule has 6 rings (SSSR count). The number of hydrogen-bond acceptors (Lipinski definition) is 5. The van der Waals surface area contributed by atoms with E-state index in [0.29, 0.717) is 18.8 Å². The molecule has 224 valence electrons. The fourth-order valence-electron chi connectivity index (χ4n) is 5.93. The predicted molar refractivity (Wildman–Crippen MR) is 161 cm³/mol. The van der Waals surface area contributed by atoms with Crippen LogP contribution in [0.1, 0.15) is 47.3 Å². The van der Waals surface area contributed by atoms with Gasteiger partial charge in [0.05, 0.1) is 11.1 Å². The zero-order chi connectivity index (χ0) is 29.8. The van der Waals surface area contributed by atoms with Crippen LogP contribution >= 0.6 is 0 Å². The lowest BCUT2D eigenvalue weighted by Crippen LogP contribution is -2.44. The summed E-state index contributed by atoms with van der Waals surface area (Å²) in [6, 6.07) is 25.3. The van der Waals surface area contributed by atoms with E-state index in [9.17, 15) is 18.0 Å². The maximum absolute atomic E-state index is 13.0. The quantitative estimate of drug-likeness (QED) is 0.261. The second-order valence-electron chi connectivity index (χ2n) is 11.4. The van der Waals surface area contributed by atoms with Crippen molar-refractivity contribution >= 4 is 22.5 Å². The third kappa shape index (κ3) is 7.28. The maximum Gasteiger partial charge on any atom is 0.416 e. The van der Waals surface area contributed by atoms with Gasteiger partial charge in [-0.2, -0.15) is 13.2 Å². The van der Waals surface area contributed by atoms with E-state index in [2.05, 4.69) is 44.4 Å². The molecule has 0 saturated carbocycles. The molecule has 2 saturated heterocycles. The number of likely N-dealkylation sites (tertiary alicyclic amines) is 1. The lowest BCUT2D eigenvalue weighted by molar-refractivity contribution is -0.137. The number of hydrogen-bond donors (Lipinski definition) is 1. The summed E-state index contributed by atoms with van der Waals surface area (Å²) in [5.74, 6) is 0.588. The Hall–Kier alpha value is -4.11. The summed E-state index contributed by atoms with van der Waals surface area (Å²) in [5.41, 5.74) is 2.60. The fourth-order valence-corrected chi connectivity index (χ4v) is 5.93. The SMILES string of the molecule is O=C(NC1CCN(Cc2ccccc2)CC1)c1ccc2cc(OC3CCN(c4ccc(C(F)(F)F)cc4)CC3)ccc2n1. The maximum atomic E-state index is 13.0. The molecule has 9 heteroatoms. The van der Waals surface area contributed by atoms with E-state index >= 15 is 0 Å². The number of pyridine rings is 1. The topological polar surface area (TPSA) is 57.7 Å². The van der Waals surface area contributed by atoms with E-state index in [1.807, 2.05) is 30.3 Å². The molecule has 43 heavy (non-hydrogen) atoms. The van der Waals surface area contributed by atoms with Gasteiger partial charge in [-0.05, 0) is 66.9 Å². The van der Waals surface area contributed by atoms with Gasteiger partial charge in [0.15, 0.2) is 0 Å². The number of carbonyl (C=O) groups is 1. The van der Waals surface area contributed by atoms with Crippen LogP contribution in [0.4, 0.5) is 18.9 Å². The molecule has 4 aromatic rings. The summed E-state index contributed by atoms with van der Waals surface area (Å²) in [4.78, 5) is 22.1. The molecule has 0 aliphatic carbocycles. The number of nitrogens with one attached hydrogen (secondary N) is 1. The highest BCUT2D eigenvalue weighted by atomic mass is 19.4. The highest BCUT2D eigenvalue weighted by Crippen LogP contribution is 2.31. The minimum atomic E-state index is -4.33. The van der Waals surface area contributed by atoms with Crippen molar-refractivity contribution in [1.29, 1.82) is 0 Å². The highest BCUT2D eigenvalue weighted by molar-refractivity contribution is 5.95. The largest absolute Gasteiger partial charge is 0.490 e. The number of aromatic nitrogens is 1. The molecule has 2 aliphatic rings. The van der Waals surface area contributed by atoms with Crippen LogP contribution in [0, 0.1) is 0 Å². The van der Waals surface area contributed by atoms with Gasteiger partial charge in [0.2, 0.25) is 0 Å². The van der Waals surface area contributed by atoms with Crippen molar-refractivity contribution < 1.29 is 22.7 Å². The van der Waals surface area contributed by atoms with Crippen LogP contribution in [0.15, 0.2) is 84.9 Å². The van der Waals surface area contributed by atoms with Gasteiger partial charge < -0.3 is 15.0 Å². The van der Waals surface area contributed by atoms with Crippen LogP contribution in [0.3, 0.4) is 0 Å². The molecular weight excluding hydrogens is 553 g/mol. The third-order valence-corrected chi connectivity index (χ3v) is 8.37. The zero-order valence-electron chi connectivity index (χ0n) is 23.9. The summed E-state index contributed by atoms with van der Waals surface area (Å²) >= 11 is 0. The van der Waals surface area contributed by atoms with Crippen LogP contribution in [-0.2, 0) is 12.7 Å². The standard InChI is InChI=1S/C34H35F3N4O2/c35-34(36,37)26-7-9-28(10-8-26)41-20-16-29(17-21-41)43-30-11-13-31-25(22-30)6-12-32(39-31)33(42)38-27-14-18-40(19-15-27)23-24-4-2-1-3-5-24/h1-13,22,27,29H,14-21,23H2,(H,38,42). The smallest absolute Gasteiger partial charge is 0.416 e. The summed E-state index contributed by atoms with van der Waals surface area (Å²) in [5, 5.41) is 4.06. The molecule has 1 amide bonds. The number of piperidine rings is 2. The highest BCUT2D eigenvalue weighted by Gasteiger charge is 2.30. The van der Waals surface area contributed by atoms with Crippen molar-refractivity contribution in [2.45, 2.75) is 50.6 Å². The number of nitrogens with zero attached hydrogens (tertiary/aromatic N) is 3. The molecule has 2 fully saturated rings. The molecule has 0 atom stereocenters. The Bertz CT molecular complexity index is 1530. The van der Waals surface area contributed by atoms with Crippen LogP contribution in [0.5, 0.6) is 5.75 Å². The number of rotatable bonds is 7. The first-order chi connectivity index (χ1) is 20.8. The number of alkyl halides is 3. The summed E-state index contributed by atoms with van der Waals surface area (Å²) in [7, 11) is 0. The minimum absolute atomic E-state index is 0.0141. The van der Waals surface area contributed by atoms with Gasteiger partial charge in [-0.15, -0.1) is 0 Å². The Balaban J connectivity index is 0.987. The van der Waals surface area contributed by atoms with Gasteiger partial charge in [0, 0.05) is 62.7 Å². The molecule has 0 radical (unpaired) electrons. The number of anilines is 1. The van der Waals surface area contributed by atoms with Gasteiger partial charge >= 0.3 is 6.18 Å². The van der Waals surface area contributed by atoms with Crippen molar-refractivity contribution in [2.75, 3.05) is 31.1 Å². The number of benzene rings is 3. The first-order valence-corrected chi connectivity index (χ1v) is 14.9. The van der Waals surface area contributed by atoms with Crippen molar-refractivity contribution in [3.05, 3.63) is 102 Å². The Labute approximate surface area is 249 Å². The molecule has 0 spiro atoms. The van der Waals surface area contributed by atoms with Crippen molar-refractivity contribution in [1.82, 2.24) is 15.2 Å². The van der Waals surface area contributed by atoms with Gasteiger partial charge in [-0.3, -0.25) is 9.69 Å². The van der Waals surface area contributed by atoms with Crippen LogP contribution in [0.2, 0.25) is 0 Å². The third-order valence-electron chi connectivity index (χ3n) is 8.37. The molecule has 1 aromatic heterocycles. The Morgan fingerprint density at radius 3 is 2.28 bits per heavy atom. The first-order valence-electron chi connectivity index (χ1n) is 14.9. The number of halogens is 3. The van der Waals surface area contributed by atoms with E-state index in [-0.39, 0.29) is 18.1 Å². The van der Waals surface area contributed by atoms with Crippen molar-refractivity contribution in [3.63, 3.8) is 0 Å². The summed E-state index contributed by atoms with van der Waals surface area (Å²) in [6.07, 6.45) is -0.959. The molecule has 0 unspecified atom stereocenters. The lowest BCUT2D eigenvalue weighted by atomic mass is 10.0. The predicted octanol–water partition coefficient (Wildman–Crippen LogP) is 6.70. The Morgan fingerprint density at radius 1 is 0.860 bits per heavy atom. The molecular formula is C34H35F3N4O2. The second-order valence-corrected chi connectivity index (χ2v) is 11.4. The van der Waals surface area contributed by atoms with Crippen molar-refractivity contribution in [3.8, 4) is 5.75 Å². The summed E-state index contributed by atoms with van der Waals surface area (Å²) in [6.45, 7) is 4.23. The van der Waals surface area contributed by atoms with Gasteiger partial charge in [0.25, 0.3) is 5.91 Å². The van der Waals surface area contributed by atoms with Crippen LogP contribution in [-0.4, -0.2) is 54.1 Å². The lowest BCUT2D eigenvalue weighted by Gasteiger charge is -2.34. The fraction of sp³-hybridized carbons (Fsp3) is 0.353. The normalized spacial score (nSPS) is 17.2. The second kappa shape index (κ2) is 12.6. The molecule has 3 aromatic carbocycles. The van der Waals surface area contributed by atoms with Gasteiger partial charge in [-0.25, -0.2) is 4.98 Å². The van der Waals surface area contributed by atoms with Gasteiger partial charge in [0.1, 0.15) is 17.5 Å². The summed E-state index contributed by atoms with van der Waals surface area (Å²) < 4.78 is 44.9. The number of ether oxygens (including phenoxy) is 1. The van der Waals surface area contributed by atoms with E-state index < -0.39 is 11.7 Å². The zero-order valence-corrected chi connectivity index (χ0v) is 23.9. The van der Waals surface area contributed by atoms with E-state index in [0.717, 1.165) is 79.8 Å². The molecule has 2 aliphatic heterocycles. The van der Waals surface area contributed by atoms with E-state index in [1.165, 1.54) is 17.7 Å². The first kappa shape index (κ1) is 29.0. The molecule has 6 nitrogen and oxygen atoms in total. The number of amides is 1. The number of carbonyl (C=O) groups excluding carboxylic acids is 1. The van der Waals surface area contributed by atoms with Gasteiger partial charge in [-0.1, -0.05) is 36.4 Å². The van der Waals surface area contributed by atoms with Crippen molar-refractivity contribution in [2.24, 2.45) is 0 Å². The van der Waals surface area contributed by atoms with Crippen LogP contribution in [0.25, 0.3) is 10.9 Å². The van der Waals surface area contributed by atoms with E-state index in [4.69, 9.17) is 4.74 Å². The number of fused-ring (bicyclic) bond motifs is 1. The minimum Gasteiger partial charge on any atom is -0.490 e. The average Bonchev–Trinajstić information content (AvgIpc) is 3.02. The van der Waals surface area contributed by atoms with Crippen LogP contribution < -0.4 is 15.0 Å². The van der Waals surface area contributed by atoms with E-state index in [1.54, 1.807) is 6.07 Å². The monoisotopic (exact) mass is 588 g/mol. The average molecular weight is 589 g/mol. The Kier molecular flexibility index (Phi) is 8.51. The molecule has 1 N–H and O–H groups in total. The molecule has 0 bridgehead atoms. The molecule has 3 heterocycles. The Morgan fingerprint density at radius 2 is 1.58 bits per heavy atom.